The van der Waals surface area contributed by atoms with E-state index in [4.69, 9.17) is 11.3 Å². The maximum Gasteiger partial charge on any atom is 0.136 e. The maximum absolute atomic E-state index is 8.45. The topological polar surface area (TPSA) is 13.1 Å². The molecule has 25 heavy (non-hydrogen) atoms. The summed E-state index contributed by atoms with van der Waals surface area (Å²) in [5.74, 6) is 0. The Morgan fingerprint density at radius 1 is 0.920 bits per heavy atom. The molecule has 0 amide bonds. The van der Waals surface area contributed by atoms with E-state index in [1.54, 1.807) is 6.07 Å². The van der Waals surface area contributed by atoms with Gasteiger partial charge in [0.05, 0.1) is 6.85 Å². The van der Waals surface area contributed by atoms with Gasteiger partial charge in [0.2, 0.25) is 0 Å². The summed E-state index contributed by atoms with van der Waals surface area (Å²) in [5, 5.41) is 1.76. The summed E-state index contributed by atoms with van der Waals surface area (Å²) in [6, 6.07) is 8.11. The van der Waals surface area contributed by atoms with Crippen molar-refractivity contribution in [1.29, 1.82) is 0 Å². The number of hydrogen-bond acceptors (Lipinski definition) is 1. The molecule has 4 aromatic rings. The number of fused-ring (bicyclic) bond motifs is 3. The Balaban J connectivity index is 2.22. The van der Waals surface area contributed by atoms with E-state index in [-0.39, 0.29) is 41.2 Å². The Labute approximate surface area is 156 Å². The second-order valence-corrected chi connectivity index (χ2v) is 7.35. The van der Waals surface area contributed by atoms with Crippen LogP contribution in [0, 0.1) is 0 Å². The van der Waals surface area contributed by atoms with Crippen molar-refractivity contribution >= 4 is 21.9 Å². The molecule has 0 saturated carbocycles. The van der Waals surface area contributed by atoms with Gasteiger partial charge in [0, 0.05) is 10.8 Å². The van der Waals surface area contributed by atoms with Crippen LogP contribution in [0.1, 0.15) is 45.7 Å². The summed E-state index contributed by atoms with van der Waals surface area (Å²) in [7, 11) is 0. The molecule has 0 aliphatic rings. The molecule has 3 aromatic carbocycles. The fraction of sp³-hybridized carbons (Fsp3) is 0.250. The predicted octanol–water partition coefficient (Wildman–Crippen LogP) is 7.11. The molecule has 0 unspecified atom stereocenters. The zero-order chi connectivity index (χ0) is 22.0. The molecule has 0 spiro atoms. The lowest BCUT2D eigenvalue weighted by molar-refractivity contribution is 0.584. The average molecular weight is 333 g/mol. The summed E-state index contributed by atoms with van der Waals surface area (Å²) < 4.78 is 47.1. The molecule has 1 nitrogen and oxygen atoms in total. The first-order valence-electron chi connectivity index (χ1n) is 11.1. The van der Waals surface area contributed by atoms with Crippen molar-refractivity contribution in [1.82, 2.24) is 0 Å². The molecule has 4 rings (SSSR count). The fourth-order valence-corrected chi connectivity index (χ4v) is 3.64. The molecule has 126 valence electrons. The van der Waals surface area contributed by atoms with Gasteiger partial charge in [-0.2, -0.15) is 0 Å². The van der Waals surface area contributed by atoms with E-state index in [1.165, 1.54) is 11.1 Å². The third-order valence-electron chi connectivity index (χ3n) is 4.70. The minimum Gasteiger partial charge on any atom is -0.456 e. The maximum atomic E-state index is 8.45. The van der Waals surface area contributed by atoms with Gasteiger partial charge in [-0.3, -0.25) is 0 Å². The van der Waals surface area contributed by atoms with Crippen LogP contribution in [0.25, 0.3) is 33.1 Å². The highest BCUT2D eigenvalue weighted by atomic mass is 16.3. The van der Waals surface area contributed by atoms with Crippen molar-refractivity contribution in [2.75, 3.05) is 0 Å². The van der Waals surface area contributed by atoms with Crippen molar-refractivity contribution in [2.45, 2.75) is 39.5 Å². The number of aryl methyl sites for hydroxylation is 1. The van der Waals surface area contributed by atoms with Gasteiger partial charge >= 0.3 is 0 Å². The van der Waals surface area contributed by atoms with Gasteiger partial charge in [0.25, 0.3) is 0 Å². The molecule has 0 aliphatic heterocycles. The summed E-state index contributed by atoms with van der Waals surface area (Å²) in [4.78, 5) is 0. The van der Waals surface area contributed by atoms with Crippen LogP contribution >= 0.6 is 0 Å². The largest absolute Gasteiger partial charge is 0.456 e. The van der Waals surface area contributed by atoms with Crippen LogP contribution in [0.15, 0.2) is 65.0 Å². The van der Waals surface area contributed by atoms with Gasteiger partial charge in [-0.15, -0.1) is 0 Å². The van der Waals surface area contributed by atoms with E-state index in [9.17, 15) is 0 Å². The van der Waals surface area contributed by atoms with E-state index in [2.05, 4.69) is 33.8 Å². The minimum absolute atomic E-state index is 0.0607. The second kappa shape index (κ2) is 5.77. The Kier molecular flexibility index (Phi) is 2.57. The molecule has 1 heteroatoms. The second-order valence-electron chi connectivity index (χ2n) is 7.35. The molecular weight excluding hydrogens is 304 g/mol. The van der Waals surface area contributed by atoms with Gasteiger partial charge in [-0.25, -0.2) is 0 Å². The van der Waals surface area contributed by atoms with Crippen LogP contribution in [0.2, 0.25) is 0 Å². The summed E-state index contributed by atoms with van der Waals surface area (Å²) >= 11 is 0. The lowest BCUT2D eigenvalue weighted by Gasteiger charge is -2.23. The normalized spacial score (nSPS) is 15.0. The zero-order valence-corrected chi connectivity index (χ0v) is 15.0. The Morgan fingerprint density at radius 3 is 2.32 bits per heavy atom. The highest BCUT2D eigenvalue weighted by Gasteiger charge is 2.22. The average Bonchev–Trinajstić information content (AvgIpc) is 3.09. The van der Waals surface area contributed by atoms with Crippen molar-refractivity contribution in [3.8, 4) is 11.1 Å². The highest BCUT2D eigenvalue weighted by molar-refractivity contribution is 6.14. The minimum atomic E-state index is -0.387. The molecule has 0 fully saturated rings. The molecule has 0 radical (unpaired) electrons. The number of furan rings is 1. The van der Waals surface area contributed by atoms with Crippen LogP contribution in [0.4, 0.5) is 0 Å². The molecule has 0 bridgehead atoms. The van der Waals surface area contributed by atoms with E-state index in [0.717, 1.165) is 22.8 Å². The number of rotatable bonds is 2. The Bertz CT molecular complexity index is 1280. The van der Waals surface area contributed by atoms with E-state index < -0.39 is 0 Å². The summed E-state index contributed by atoms with van der Waals surface area (Å²) in [5.41, 5.74) is 4.52. The van der Waals surface area contributed by atoms with Crippen LogP contribution in [0.3, 0.4) is 0 Å². The summed E-state index contributed by atoms with van der Waals surface area (Å²) in [6.07, 6.45) is 0.799. The van der Waals surface area contributed by atoms with Gasteiger partial charge in [-0.05, 0) is 46.2 Å². The fourth-order valence-electron chi connectivity index (χ4n) is 3.64. The first kappa shape index (κ1) is 11.1. The first-order valence-corrected chi connectivity index (χ1v) is 8.62. The summed E-state index contributed by atoms with van der Waals surface area (Å²) in [6.45, 7) is 8.63. The lowest BCUT2D eigenvalue weighted by atomic mass is 9.81. The van der Waals surface area contributed by atoms with Crippen molar-refractivity contribution < 1.29 is 11.3 Å². The third kappa shape index (κ3) is 2.55. The van der Waals surface area contributed by atoms with Crippen LogP contribution in [-0.4, -0.2) is 0 Å². The Hall–Kier alpha value is -2.54. The van der Waals surface area contributed by atoms with Gasteiger partial charge in [0.1, 0.15) is 11.2 Å². The van der Waals surface area contributed by atoms with E-state index in [0.29, 0.717) is 11.1 Å². The van der Waals surface area contributed by atoms with Gasteiger partial charge < -0.3 is 4.42 Å². The standard InChI is InChI=1S/C24H24O/c1-5-17-19(24(2,3)4)14-15-21-22(17)23-18(12-9-13-20(23)25-21)16-10-7-6-8-11-16/h6-15H,5H2,1-4H3/i6D,7D,8D,10D,11D. The number of benzene rings is 3. The quantitative estimate of drug-likeness (QED) is 0.381. The molecule has 0 aliphatic carbocycles. The van der Waals surface area contributed by atoms with E-state index >= 15 is 0 Å². The first-order chi connectivity index (χ1) is 14.1. The van der Waals surface area contributed by atoms with Gasteiger partial charge in [0.15, 0.2) is 0 Å². The van der Waals surface area contributed by atoms with Gasteiger partial charge in [-0.1, -0.05) is 76.1 Å². The van der Waals surface area contributed by atoms with E-state index in [1.807, 2.05) is 18.2 Å². The molecular formula is C24H24O. The van der Waals surface area contributed by atoms with Crippen molar-refractivity contribution in [3.05, 3.63) is 71.7 Å². The smallest absolute Gasteiger partial charge is 0.136 e. The van der Waals surface area contributed by atoms with Crippen molar-refractivity contribution in [3.63, 3.8) is 0 Å². The number of hydrogen-bond donors (Lipinski definition) is 0. The Morgan fingerprint density at radius 2 is 1.64 bits per heavy atom. The van der Waals surface area contributed by atoms with Crippen LogP contribution in [-0.2, 0) is 11.8 Å². The molecule has 0 N–H and O–H groups in total. The van der Waals surface area contributed by atoms with Crippen LogP contribution in [0.5, 0.6) is 0 Å². The molecule has 0 saturated heterocycles. The molecule has 0 atom stereocenters. The third-order valence-corrected chi connectivity index (χ3v) is 4.70. The molecule has 1 heterocycles. The van der Waals surface area contributed by atoms with Crippen LogP contribution < -0.4 is 0 Å². The SMILES string of the molecule is [2H]c1c([2H])c([2H])c(-c2cccc3oc4ccc(C(C)(C)C)c(CC)c4c23)c([2H])c1[2H]. The van der Waals surface area contributed by atoms with Crippen molar-refractivity contribution in [2.24, 2.45) is 0 Å². The lowest BCUT2D eigenvalue weighted by Crippen LogP contribution is -2.14. The monoisotopic (exact) mass is 333 g/mol. The highest BCUT2D eigenvalue weighted by Crippen LogP contribution is 2.41. The predicted molar refractivity (Wildman–Crippen MR) is 107 cm³/mol. The molecule has 1 aromatic heterocycles. The zero-order valence-electron chi connectivity index (χ0n) is 20.0.